The van der Waals surface area contributed by atoms with Crippen LogP contribution in [0.25, 0.3) is 21.8 Å². The molecule has 0 saturated heterocycles. The molecule has 0 unspecified atom stereocenters. The molecule has 0 aliphatic carbocycles. The largest absolute Gasteiger partial charge is 0.481 e. The fourth-order valence-electron chi connectivity index (χ4n) is 2.28. The SMILES string of the molecule is O=C(O)CCc1sc(-c2ccc(Cl)cc2)nc1-c1ccccc1. The maximum absolute atomic E-state index is 10.9. The van der Waals surface area contributed by atoms with Gasteiger partial charge in [-0.05, 0) is 18.6 Å². The molecule has 0 fully saturated rings. The summed E-state index contributed by atoms with van der Waals surface area (Å²) in [5.41, 5.74) is 2.85. The number of hydrogen-bond donors (Lipinski definition) is 1. The van der Waals surface area contributed by atoms with E-state index in [4.69, 9.17) is 21.7 Å². The van der Waals surface area contributed by atoms with Crippen molar-refractivity contribution in [1.82, 2.24) is 4.98 Å². The molecule has 116 valence electrons. The minimum Gasteiger partial charge on any atom is -0.481 e. The number of aromatic nitrogens is 1. The van der Waals surface area contributed by atoms with Crippen LogP contribution in [0.3, 0.4) is 0 Å². The van der Waals surface area contributed by atoms with E-state index in [9.17, 15) is 4.79 Å². The van der Waals surface area contributed by atoms with E-state index in [1.807, 2.05) is 54.6 Å². The lowest BCUT2D eigenvalue weighted by Gasteiger charge is -2.00. The Labute approximate surface area is 143 Å². The third kappa shape index (κ3) is 3.78. The molecule has 23 heavy (non-hydrogen) atoms. The van der Waals surface area contributed by atoms with E-state index in [2.05, 4.69) is 0 Å². The first-order chi connectivity index (χ1) is 11.1. The van der Waals surface area contributed by atoms with Crippen molar-refractivity contribution in [3.8, 4) is 21.8 Å². The lowest BCUT2D eigenvalue weighted by molar-refractivity contribution is -0.136. The molecule has 0 aliphatic rings. The fourth-order valence-corrected chi connectivity index (χ4v) is 3.49. The van der Waals surface area contributed by atoms with Crippen molar-refractivity contribution in [3.63, 3.8) is 0 Å². The van der Waals surface area contributed by atoms with Crippen LogP contribution in [0.4, 0.5) is 0 Å². The van der Waals surface area contributed by atoms with Crippen molar-refractivity contribution in [3.05, 3.63) is 64.5 Å². The van der Waals surface area contributed by atoms with Crippen molar-refractivity contribution >= 4 is 28.9 Å². The molecule has 0 bridgehead atoms. The molecule has 0 atom stereocenters. The first-order valence-electron chi connectivity index (χ1n) is 7.16. The number of aryl methyl sites for hydroxylation is 1. The van der Waals surface area contributed by atoms with Gasteiger partial charge >= 0.3 is 5.97 Å². The minimum atomic E-state index is -0.801. The van der Waals surface area contributed by atoms with Crippen LogP contribution in [0.1, 0.15) is 11.3 Å². The van der Waals surface area contributed by atoms with Gasteiger partial charge in [0.05, 0.1) is 12.1 Å². The molecule has 1 heterocycles. The van der Waals surface area contributed by atoms with Gasteiger partial charge in [-0.3, -0.25) is 4.79 Å². The van der Waals surface area contributed by atoms with Gasteiger partial charge in [-0.2, -0.15) is 0 Å². The molecule has 0 spiro atoms. The van der Waals surface area contributed by atoms with Gasteiger partial charge in [0.2, 0.25) is 0 Å². The second kappa shape index (κ2) is 6.94. The summed E-state index contributed by atoms with van der Waals surface area (Å²) in [7, 11) is 0. The predicted octanol–water partition coefficient (Wildman–Crippen LogP) is 5.15. The first-order valence-corrected chi connectivity index (χ1v) is 8.36. The highest BCUT2D eigenvalue weighted by molar-refractivity contribution is 7.15. The van der Waals surface area contributed by atoms with Gasteiger partial charge in [-0.25, -0.2) is 4.98 Å². The van der Waals surface area contributed by atoms with Gasteiger partial charge in [0.15, 0.2) is 0 Å². The zero-order chi connectivity index (χ0) is 16.2. The number of aliphatic carboxylic acids is 1. The van der Waals surface area contributed by atoms with Gasteiger partial charge in [-0.1, -0.05) is 54.1 Å². The number of thiazole rings is 1. The predicted molar refractivity (Wildman–Crippen MR) is 94.0 cm³/mol. The van der Waals surface area contributed by atoms with Crippen LogP contribution in [-0.4, -0.2) is 16.1 Å². The summed E-state index contributed by atoms with van der Waals surface area (Å²) in [5.74, 6) is -0.801. The molecule has 0 radical (unpaired) electrons. The molecular formula is C18H14ClNO2S. The molecule has 1 N–H and O–H groups in total. The second-order valence-electron chi connectivity index (χ2n) is 5.06. The number of hydrogen-bond acceptors (Lipinski definition) is 3. The lowest BCUT2D eigenvalue weighted by Crippen LogP contribution is -1.97. The van der Waals surface area contributed by atoms with E-state index >= 15 is 0 Å². The molecular weight excluding hydrogens is 330 g/mol. The van der Waals surface area contributed by atoms with Gasteiger partial charge in [-0.15, -0.1) is 11.3 Å². The maximum Gasteiger partial charge on any atom is 0.303 e. The Bertz CT molecular complexity index is 813. The quantitative estimate of drug-likeness (QED) is 0.697. The number of rotatable bonds is 5. The van der Waals surface area contributed by atoms with Gasteiger partial charge in [0, 0.05) is 21.0 Å². The Kier molecular flexibility index (Phi) is 4.74. The van der Waals surface area contributed by atoms with Crippen LogP contribution in [0.15, 0.2) is 54.6 Å². The smallest absolute Gasteiger partial charge is 0.303 e. The van der Waals surface area contributed by atoms with Crippen molar-refractivity contribution in [2.24, 2.45) is 0 Å². The first kappa shape index (κ1) is 15.7. The highest BCUT2D eigenvalue weighted by Crippen LogP contribution is 2.35. The molecule has 3 rings (SSSR count). The average Bonchev–Trinajstić information content (AvgIpc) is 2.98. The Morgan fingerprint density at radius 3 is 2.39 bits per heavy atom. The number of halogens is 1. The molecule has 2 aromatic carbocycles. The maximum atomic E-state index is 10.9. The summed E-state index contributed by atoms with van der Waals surface area (Å²) < 4.78 is 0. The number of nitrogens with zero attached hydrogens (tertiary/aromatic N) is 1. The zero-order valence-corrected chi connectivity index (χ0v) is 13.8. The van der Waals surface area contributed by atoms with Crippen LogP contribution in [0, 0.1) is 0 Å². The van der Waals surface area contributed by atoms with Gasteiger partial charge in [0.25, 0.3) is 0 Å². The summed E-state index contributed by atoms with van der Waals surface area (Å²) in [6.45, 7) is 0. The van der Waals surface area contributed by atoms with E-state index < -0.39 is 5.97 Å². The normalized spacial score (nSPS) is 10.7. The van der Waals surface area contributed by atoms with Crippen LogP contribution in [0.5, 0.6) is 0 Å². The van der Waals surface area contributed by atoms with Crippen LogP contribution < -0.4 is 0 Å². The summed E-state index contributed by atoms with van der Waals surface area (Å²) in [6.07, 6.45) is 0.576. The van der Waals surface area contributed by atoms with Crippen molar-refractivity contribution < 1.29 is 9.90 Å². The number of carboxylic acid groups (broad SMARTS) is 1. The third-order valence-electron chi connectivity index (χ3n) is 3.40. The van der Waals surface area contributed by atoms with Crippen LogP contribution in [-0.2, 0) is 11.2 Å². The van der Waals surface area contributed by atoms with Crippen LogP contribution >= 0.6 is 22.9 Å². The second-order valence-corrected chi connectivity index (χ2v) is 6.58. The monoisotopic (exact) mass is 343 g/mol. The molecule has 5 heteroatoms. The Balaban J connectivity index is 2.02. The molecule has 0 saturated carbocycles. The topological polar surface area (TPSA) is 50.2 Å². The van der Waals surface area contributed by atoms with Crippen molar-refractivity contribution in [2.45, 2.75) is 12.8 Å². The Morgan fingerprint density at radius 1 is 1.04 bits per heavy atom. The van der Waals surface area contributed by atoms with E-state index in [1.54, 1.807) is 0 Å². The Morgan fingerprint density at radius 2 is 1.74 bits per heavy atom. The third-order valence-corrected chi connectivity index (χ3v) is 4.82. The number of carboxylic acids is 1. The summed E-state index contributed by atoms with van der Waals surface area (Å²) in [6, 6.07) is 17.4. The lowest BCUT2D eigenvalue weighted by atomic mass is 10.1. The van der Waals surface area contributed by atoms with Crippen molar-refractivity contribution in [1.29, 1.82) is 0 Å². The molecule has 1 aromatic heterocycles. The minimum absolute atomic E-state index is 0.0993. The summed E-state index contributed by atoms with van der Waals surface area (Å²) in [4.78, 5) is 16.6. The van der Waals surface area contributed by atoms with Gasteiger partial charge in [0.1, 0.15) is 5.01 Å². The highest BCUT2D eigenvalue weighted by atomic mass is 35.5. The number of benzene rings is 2. The molecule has 3 nitrogen and oxygen atoms in total. The molecule has 0 aliphatic heterocycles. The van der Waals surface area contributed by atoms with E-state index in [1.165, 1.54) is 11.3 Å². The summed E-state index contributed by atoms with van der Waals surface area (Å²) >= 11 is 7.47. The fraction of sp³-hybridized carbons (Fsp3) is 0.111. The highest BCUT2D eigenvalue weighted by Gasteiger charge is 2.15. The Hall–Kier alpha value is -2.17. The average molecular weight is 344 g/mol. The van der Waals surface area contributed by atoms with Crippen LogP contribution in [0.2, 0.25) is 5.02 Å². The van der Waals surface area contributed by atoms with E-state index in [0.717, 1.165) is 26.7 Å². The molecule has 0 amide bonds. The van der Waals surface area contributed by atoms with Gasteiger partial charge < -0.3 is 5.11 Å². The molecule has 3 aromatic rings. The zero-order valence-electron chi connectivity index (χ0n) is 12.2. The van der Waals surface area contributed by atoms with Crippen molar-refractivity contribution in [2.75, 3.05) is 0 Å². The van der Waals surface area contributed by atoms with E-state index in [0.29, 0.717) is 11.4 Å². The standard InChI is InChI=1S/C18H14ClNO2S/c19-14-8-6-13(7-9-14)18-20-17(12-4-2-1-3-5-12)15(23-18)10-11-16(21)22/h1-9H,10-11H2,(H,21,22). The summed E-state index contributed by atoms with van der Waals surface area (Å²) in [5, 5.41) is 10.5. The number of carbonyl (C=O) groups is 1. The van der Waals surface area contributed by atoms with E-state index in [-0.39, 0.29) is 6.42 Å².